The average molecular weight is 530 g/mol. The van der Waals surface area contributed by atoms with Gasteiger partial charge in [0, 0.05) is 38.2 Å². The predicted octanol–water partition coefficient (Wildman–Crippen LogP) is 3.57. The molecule has 2 fully saturated rings. The number of hydrogen-bond acceptors (Lipinski definition) is 4. The van der Waals surface area contributed by atoms with Crippen LogP contribution in [0.3, 0.4) is 0 Å². The fourth-order valence-electron chi connectivity index (χ4n) is 4.02. The monoisotopic (exact) mass is 530 g/mol. The van der Waals surface area contributed by atoms with Gasteiger partial charge in [-0.1, -0.05) is 19.1 Å². The molecule has 2 atom stereocenters. The first-order chi connectivity index (χ1) is 14.1. The number of guanidine groups is 1. The normalized spacial score (nSPS) is 22.4. The Morgan fingerprint density at radius 1 is 1.30 bits per heavy atom. The summed E-state index contributed by atoms with van der Waals surface area (Å²) in [7, 11) is 0. The highest BCUT2D eigenvalue weighted by Crippen LogP contribution is 2.24. The fraction of sp³-hybridized carbons (Fsp3) is 0.696. The van der Waals surface area contributed by atoms with Gasteiger partial charge in [-0.15, -0.1) is 24.0 Å². The highest BCUT2D eigenvalue weighted by molar-refractivity contribution is 14.0. The third kappa shape index (κ3) is 8.23. The summed E-state index contributed by atoms with van der Waals surface area (Å²) < 4.78 is 11.7. The maximum Gasteiger partial charge on any atom is 0.191 e. The lowest BCUT2D eigenvalue weighted by molar-refractivity contribution is 0.140. The third-order valence-electron chi connectivity index (χ3n) is 5.62. The molecule has 3 rings (SSSR count). The number of hydrogen-bond donors (Lipinski definition) is 2. The van der Waals surface area contributed by atoms with Crippen molar-refractivity contribution in [1.82, 2.24) is 15.5 Å². The van der Waals surface area contributed by atoms with Gasteiger partial charge in [0.1, 0.15) is 11.9 Å². The molecular weight excluding hydrogens is 491 g/mol. The number of aryl methyl sites for hydroxylation is 1. The standard InChI is InChI=1S/C23H38N4O2.HI/c1-4-24-23(25-10-12-27-11-5-6-19(3)16-27)26-15-20-8-7-18(2)14-22(20)29-21-9-13-28-17-21;/h7-8,14,19,21H,4-6,9-13,15-17H2,1-3H3,(H2,24,25,26);1H. The van der Waals surface area contributed by atoms with Crippen LogP contribution in [0.4, 0.5) is 0 Å². The van der Waals surface area contributed by atoms with Crippen molar-refractivity contribution in [1.29, 1.82) is 0 Å². The van der Waals surface area contributed by atoms with Crippen LogP contribution in [0.5, 0.6) is 5.75 Å². The molecule has 2 N–H and O–H groups in total. The van der Waals surface area contributed by atoms with E-state index in [1.165, 1.54) is 31.5 Å². The second kappa shape index (κ2) is 13.4. The number of nitrogens with zero attached hydrogens (tertiary/aromatic N) is 2. The molecule has 2 heterocycles. The predicted molar refractivity (Wildman–Crippen MR) is 134 cm³/mol. The van der Waals surface area contributed by atoms with E-state index in [1.807, 2.05) is 0 Å². The molecular formula is C23H39IN4O2. The van der Waals surface area contributed by atoms with Crippen LogP contribution in [0.25, 0.3) is 0 Å². The summed E-state index contributed by atoms with van der Waals surface area (Å²) >= 11 is 0. The molecule has 0 spiro atoms. The maximum absolute atomic E-state index is 6.21. The van der Waals surface area contributed by atoms with Crippen molar-refractivity contribution in [3.8, 4) is 5.75 Å². The van der Waals surface area contributed by atoms with Gasteiger partial charge in [-0.25, -0.2) is 4.99 Å². The van der Waals surface area contributed by atoms with E-state index < -0.39 is 0 Å². The van der Waals surface area contributed by atoms with E-state index in [1.54, 1.807) is 0 Å². The minimum Gasteiger partial charge on any atom is -0.488 e. The molecule has 170 valence electrons. The Bertz CT molecular complexity index is 665. The minimum atomic E-state index is 0. The molecule has 0 aliphatic carbocycles. The Labute approximate surface area is 199 Å². The molecule has 0 aromatic heterocycles. The van der Waals surface area contributed by atoms with Crippen LogP contribution in [0.1, 0.15) is 44.2 Å². The van der Waals surface area contributed by atoms with Gasteiger partial charge in [0.15, 0.2) is 5.96 Å². The first-order valence-corrected chi connectivity index (χ1v) is 11.2. The van der Waals surface area contributed by atoms with Gasteiger partial charge in [-0.3, -0.25) is 0 Å². The third-order valence-corrected chi connectivity index (χ3v) is 5.62. The van der Waals surface area contributed by atoms with Crippen molar-refractivity contribution in [3.05, 3.63) is 29.3 Å². The van der Waals surface area contributed by atoms with Gasteiger partial charge in [0.05, 0.1) is 19.8 Å². The van der Waals surface area contributed by atoms with Crippen molar-refractivity contribution in [3.63, 3.8) is 0 Å². The van der Waals surface area contributed by atoms with Crippen LogP contribution in [0, 0.1) is 12.8 Å². The minimum absolute atomic E-state index is 0. The van der Waals surface area contributed by atoms with Crippen LogP contribution in [-0.4, -0.2) is 62.9 Å². The van der Waals surface area contributed by atoms with E-state index in [4.69, 9.17) is 14.5 Å². The molecule has 2 aliphatic rings. The molecule has 0 amide bonds. The summed E-state index contributed by atoms with van der Waals surface area (Å²) in [6, 6.07) is 6.37. The Hall–Kier alpha value is -1.06. The maximum atomic E-state index is 6.21. The Balaban J connectivity index is 0.00000320. The van der Waals surface area contributed by atoms with E-state index in [2.05, 4.69) is 54.5 Å². The van der Waals surface area contributed by atoms with Gasteiger partial charge >= 0.3 is 0 Å². The molecule has 2 aliphatic heterocycles. The SMILES string of the molecule is CCNC(=NCc1ccc(C)cc1OC1CCOC1)NCCN1CCCC(C)C1.I. The molecule has 7 heteroatoms. The fourth-order valence-corrected chi connectivity index (χ4v) is 4.02. The summed E-state index contributed by atoms with van der Waals surface area (Å²) in [5, 5.41) is 6.86. The molecule has 0 radical (unpaired) electrons. The zero-order chi connectivity index (χ0) is 20.5. The summed E-state index contributed by atoms with van der Waals surface area (Å²) in [5.41, 5.74) is 2.32. The first-order valence-electron chi connectivity index (χ1n) is 11.2. The number of ether oxygens (including phenoxy) is 2. The Morgan fingerprint density at radius 3 is 2.90 bits per heavy atom. The second-order valence-corrected chi connectivity index (χ2v) is 8.38. The van der Waals surface area contributed by atoms with Crippen molar-refractivity contribution >= 4 is 29.9 Å². The second-order valence-electron chi connectivity index (χ2n) is 8.38. The highest BCUT2D eigenvalue weighted by Gasteiger charge is 2.19. The zero-order valence-electron chi connectivity index (χ0n) is 18.8. The van der Waals surface area contributed by atoms with Crippen LogP contribution in [0.2, 0.25) is 0 Å². The van der Waals surface area contributed by atoms with Crippen molar-refractivity contribution in [2.45, 2.75) is 52.7 Å². The van der Waals surface area contributed by atoms with Gasteiger partial charge in [-0.2, -0.15) is 0 Å². The number of rotatable bonds is 8. The molecule has 30 heavy (non-hydrogen) atoms. The number of likely N-dealkylation sites (tertiary alicyclic amines) is 1. The van der Waals surface area contributed by atoms with Gasteiger partial charge < -0.3 is 25.0 Å². The highest BCUT2D eigenvalue weighted by atomic mass is 127. The van der Waals surface area contributed by atoms with Crippen molar-refractivity contribution in [2.24, 2.45) is 10.9 Å². The summed E-state index contributed by atoms with van der Waals surface area (Å²) in [5.74, 6) is 2.62. The smallest absolute Gasteiger partial charge is 0.191 e. The molecule has 1 aromatic rings. The number of nitrogens with one attached hydrogen (secondary N) is 2. The lowest BCUT2D eigenvalue weighted by Gasteiger charge is -2.30. The van der Waals surface area contributed by atoms with E-state index in [-0.39, 0.29) is 30.1 Å². The van der Waals surface area contributed by atoms with Gasteiger partial charge in [0.2, 0.25) is 0 Å². The van der Waals surface area contributed by atoms with Gasteiger partial charge in [0.25, 0.3) is 0 Å². The van der Waals surface area contributed by atoms with Crippen molar-refractivity contribution < 1.29 is 9.47 Å². The van der Waals surface area contributed by atoms with Crippen LogP contribution < -0.4 is 15.4 Å². The quantitative estimate of drug-likeness (QED) is 0.306. The number of halogens is 1. The van der Waals surface area contributed by atoms with Crippen LogP contribution in [0.15, 0.2) is 23.2 Å². The topological polar surface area (TPSA) is 58.1 Å². The van der Waals surface area contributed by atoms with E-state index in [0.717, 1.165) is 55.9 Å². The van der Waals surface area contributed by atoms with E-state index in [9.17, 15) is 0 Å². The molecule has 2 saturated heterocycles. The van der Waals surface area contributed by atoms with E-state index >= 15 is 0 Å². The summed E-state index contributed by atoms with van der Waals surface area (Å²) in [6.45, 7) is 13.9. The number of aliphatic imine (C=N–C) groups is 1. The molecule has 2 unspecified atom stereocenters. The zero-order valence-corrected chi connectivity index (χ0v) is 21.1. The molecule has 6 nitrogen and oxygen atoms in total. The number of benzene rings is 1. The Morgan fingerprint density at radius 2 is 2.17 bits per heavy atom. The molecule has 1 aromatic carbocycles. The van der Waals surface area contributed by atoms with Crippen LogP contribution in [-0.2, 0) is 11.3 Å². The van der Waals surface area contributed by atoms with Crippen molar-refractivity contribution in [2.75, 3.05) is 45.9 Å². The average Bonchev–Trinajstić information content (AvgIpc) is 3.20. The lowest BCUT2D eigenvalue weighted by atomic mass is 10.0. The summed E-state index contributed by atoms with van der Waals surface area (Å²) in [6.07, 6.45) is 3.79. The van der Waals surface area contributed by atoms with Gasteiger partial charge in [-0.05, 0) is 50.8 Å². The lowest BCUT2D eigenvalue weighted by Crippen LogP contribution is -2.43. The number of piperidine rings is 1. The van der Waals surface area contributed by atoms with E-state index in [0.29, 0.717) is 13.2 Å². The largest absolute Gasteiger partial charge is 0.488 e. The Kier molecular flexibility index (Phi) is 11.2. The molecule has 0 bridgehead atoms. The summed E-state index contributed by atoms with van der Waals surface area (Å²) in [4.78, 5) is 7.37. The molecule has 0 saturated carbocycles. The first kappa shape index (κ1) is 25.2. The van der Waals surface area contributed by atoms with Crippen LogP contribution >= 0.6 is 24.0 Å².